The molecule has 13 N–H and O–H groups in total. The Kier molecular flexibility index (Phi) is 8.10. The van der Waals surface area contributed by atoms with Crippen LogP contribution in [0.4, 0.5) is 0 Å². The van der Waals surface area contributed by atoms with Gasteiger partial charge in [0.1, 0.15) is 54.8 Å². The van der Waals surface area contributed by atoms with Crippen LogP contribution in [-0.2, 0) is 42.7 Å². The van der Waals surface area contributed by atoms with Crippen LogP contribution in [-0.4, -0.2) is 168 Å². The number of carbonyl (C=O) groups excluding carboxylic acids is 2. The molecule has 246 valence electrons. The third-order valence-electron chi connectivity index (χ3n) is 7.99. The van der Waals surface area contributed by atoms with Gasteiger partial charge in [0.05, 0.1) is 19.8 Å². The highest BCUT2D eigenvalue weighted by atomic mass is 17.1. The normalized spacial score (nSPS) is 54.3. The molecule has 5 aliphatic heterocycles. The molecule has 5 saturated heterocycles. The van der Waals surface area contributed by atoms with Gasteiger partial charge in [-0.3, -0.25) is 34.3 Å². The van der Waals surface area contributed by atoms with Crippen molar-refractivity contribution in [3.05, 3.63) is 0 Å². The van der Waals surface area contributed by atoms with E-state index in [4.69, 9.17) is 38.9 Å². The second-order valence-electron chi connectivity index (χ2n) is 10.9. The lowest BCUT2D eigenvalue weighted by atomic mass is 9.84. The Balaban J connectivity index is 1.46. The summed E-state index contributed by atoms with van der Waals surface area (Å²) in [5, 5.41) is 98.1. The first kappa shape index (κ1) is 32.6. The number of aliphatic hydroxyl groups is 9. The highest BCUT2D eigenvalue weighted by Gasteiger charge is 2.83. The van der Waals surface area contributed by atoms with Gasteiger partial charge in [-0.15, -0.1) is 0 Å². The Morgan fingerprint density at radius 3 is 1.63 bits per heavy atom. The summed E-state index contributed by atoms with van der Waals surface area (Å²) in [6.07, 6.45) is -15.2. The fourth-order valence-electron chi connectivity index (χ4n) is 5.98. The molecule has 5 aliphatic rings. The summed E-state index contributed by atoms with van der Waals surface area (Å²) in [4.78, 5) is 23.9. The number of hydrogen-bond donors (Lipinski definition) is 12. The Morgan fingerprint density at radius 1 is 0.674 bits per heavy atom. The summed E-state index contributed by atoms with van der Waals surface area (Å²) in [5.74, 6) is -14.5. The van der Waals surface area contributed by atoms with Crippen molar-refractivity contribution in [3.8, 4) is 0 Å². The molecule has 0 aliphatic carbocycles. The summed E-state index contributed by atoms with van der Waals surface area (Å²) in [7, 11) is 0. The molecule has 2 amide bonds. The molecule has 4 spiro atoms. The predicted molar refractivity (Wildman–Crippen MR) is 126 cm³/mol. The highest BCUT2D eigenvalue weighted by Crippen LogP contribution is 2.59. The first-order valence-electron chi connectivity index (χ1n) is 13.1. The number of nitrogens with one attached hydrogen (secondary N) is 2. The molecule has 0 radical (unpaired) electrons. The molecule has 21 nitrogen and oxygen atoms in total. The van der Waals surface area contributed by atoms with Crippen LogP contribution >= 0.6 is 0 Å². The zero-order chi connectivity index (χ0) is 31.9. The van der Waals surface area contributed by atoms with E-state index < -0.39 is 122 Å². The zero-order valence-corrected chi connectivity index (χ0v) is 22.7. The van der Waals surface area contributed by atoms with Gasteiger partial charge in [-0.2, -0.15) is 0 Å². The molecule has 5 fully saturated rings. The van der Waals surface area contributed by atoms with E-state index in [-0.39, 0.29) is 0 Å². The number of ether oxygens (including phenoxy) is 7. The third kappa shape index (κ3) is 4.59. The number of amides is 2. The maximum atomic E-state index is 12.2. The minimum atomic E-state index is -2.74. The van der Waals surface area contributed by atoms with Crippen molar-refractivity contribution in [2.45, 2.75) is 104 Å². The molecule has 11 atom stereocenters. The predicted octanol–water partition coefficient (Wildman–Crippen LogP) is -8.63. The van der Waals surface area contributed by atoms with E-state index in [1.54, 1.807) is 0 Å². The van der Waals surface area contributed by atoms with Crippen molar-refractivity contribution in [3.63, 3.8) is 0 Å². The lowest BCUT2D eigenvalue weighted by molar-refractivity contribution is -0.694. The number of hydrogen-bond acceptors (Lipinski definition) is 19. The van der Waals surface area contributed by atoms with Crippen molar-refractivity contribution in [2.75, 3.05) is 19.8 Å². The Hall–Kier alpha value is -1.74. The molecular weight excluding hydrogens is 594 g/mol. The standard InChI is InChI=1S/C22H35N3O18/c1-6(29)24-13-16(34)18(9(4-27)38-20(13,23)36)40-21(41-18)14(25-7(2)30)17(35)19(10(5-28)39-21)42-22(43-19)15(33)12(32)11(31)8(3-26)37-22/h8-17,26-28,31-36H,3-5,23H2,1-2H3,(H,24,29)(H,25,30)/t8-,9-,10-,11-,12+,13-,14-,15+,16-,17-,18?,19?,20+,21?,22?/m1/s1. The van der Waals surface area contributed by atoms with Crippen molar-refractivity contribution in [1.82, 2.24) is 10.6 Å². The zero-order valence-electron chi connectivity index (χ0n) is 22.7. The van der Waals surface area contributed by atoms with Crippen LogP contribution < -0.4 is 16.4 Å². The minimum absolute atomic E-state index is 0.771. The maximum Gasteiger partial charge on any atom is 0.319 e. The van der Waals surface area contributed by atoms with E-state index >= 15 is 0 Å². The van der Waals surface area contributed by atoms with Crippen molar-refractivity contribution in [2.24, 2.45) is 5.73 Å². The monoisotopic (exact) mass is 629 g/mol. The van der Waals surface area contributed by atoms with Gasteiger partial charge in [0.2, 0.25) is 29.3 Å². The number of carbonyl (C=O) groups is 2. The summed E-state index contributed by atoms with van der Waals surface area (Å²) in [6, 6.07) is -3.67. The summed E-state index contributed by atoms with van der Waals surface area (Å²) < 4.78 is 39.3. The average molecular weight is 630 g/mol. The second kappa shape index (κ2) is 10.7. The van der Waals surface area contributed by atoms with E-state index in [0.717, 1.165) is 13.8 Å². The molecule has 21 heteroatoms. The van der Waals surface area contributed by atoms with Gasteiger partial charge in [-0.05, 0) is 0 Å². The Bertz CT molecular complexity index is 1100. The van der Waals surface area contributed by atoms with Gasteiger partial charge in [-0.25, -0.2) is 0 Å². The largest absolute Gasteiger partial charge is 0.394 e. The molecule has 0 unspecified atom stereocenters. The molecule has 0 saturated carbocycles. The summed E-state index contributed by atoms with van der Waals surface area (Å²) in [5.41, 5.74) is 5.69. The van der Waals surface area contributed by atoms with Gasteiger partial charge in [0.25, 0.3) is 0 Å². The van der Waals surface area contributed by atoms with Gasteiger partial charge in [-0.1, -0.05) is 0 Å². The van der Waals surface area contributed by atoms with Crippen LogP contribution in [0.5, 0.6) is 0 Å². The van der Waals surface area contributed by atoms with Crippen molar-refractivity contribution < 1.29 is 88.7 Å². The van der Waals surface area contributed by atoms with Crippen molar-refractivity contribution >= 4 is 11.8 Å². The Morgan fingerprint density at radius 2 is 1.14 bits per heavy atom. The van der Waals surface area contributed by atoms with Gasteiger partial charge >= 0.3 is 11.9 Å². The third-order valence-corrected chi connectivity index (χ3v) is 7.99. The average Bonchev–Trinajstić information content (AvgIpc) is 2.90. The van der Waals surface area contributed by atoms with E-state index in [9.17, 15) is 55.5 Å². The molecule has 5 heterocycles. The first-order chi connectivity index (χ1) is 20.0. The van der Waals surface area contributed by atoms with Gasteiger partial charge in [0, 0.05) is 13.8 Å². The molecule has 0 aromatic carbocycles. The summed E-state index contributed by atoms with van der Waals surface area (Å²) >= 11 is 0. The second-order valence-corrected chi connectivity index (χ2v) is 10.9. The molecule has 0 aromatic rings. The summed E-state index contributed by atoms with van der Waals surface area (Å²) in [6.45, 7) is -0.825. The minimum Gasteiger partial charge on any atom is -0.394 e. The van der Waals surface area contributed by atoms with Crippen LogP contribution in [0, 0.1) is 0 Å². The highest BCUT2D eigenvalue weighted by molar-refractivity contribution is 5.74. The van der Waals surface area contributed by atoms with Gasteiger partial charge in [0.15, 0.2) is 6.10 Å². The van der Waals surface area contributed by atoms with Crippen LogP contribution in [0.25, 0.3) is 0 Å². The smallest absolute Gasteiger partial charge is 0.319 e. The lowest BCUT2D eigenvalue weighted by Crippen LogP contribution is -2.93. The molecule has 5 rings (SSSR count). The molecule has 43 heavy (non-hydrogen) atoms. The molecule has 0 bridgehead atoms. The Labute approximate surface area is 241 Å². The van der Waals surface area contributed by atoms with Crippen LogP contribution in [0.3, 0.4) is 0 Å². The number of aliphatic hydroxyl groups excluding tert-OH is 8. The quantitative estimate of drug-likeness (QED) is 0.126. The first-order valence-corrected chi connectivity index (χ1v) is 13.1. The topological polar surface area (TPSA) is 331 Å². The van der Waals surface area contributed by atoms with Crippen LogP contribution in [0.2, 0.25) is 0 Å². The number of nitrogens with two attached hydrogens (primary N) is 1. The molecular formula is C22H35N3O18. The number of rotatable bonds is 5. The fraction of sp³-hybridized carbons (Fsp3) is 0.909. The van der Waals surface area contributed by atoms with Crippen LogP contribution in [0.15, 0.2) is 0 Å². The van der Waals surface area contributed by atoms with Gasteiger partial charge < -0.3 is 70.8 Å². The lowest BCUT2D eigenvalue weighted by Gasteiger charge is -2.70. The van der Waals surface area contributed by atoms with E-state index in [2.05, 4.69) is 10.6 Å². The fourth-order valence-corrected chi connectivity index (χ4v) is 5.98. The van der Waals surface area contributed by atoms with E-state index in [1.165, 1.54) is 0 Å². The van der Waals surface area contributed by atoms with Crippen molar-refractivity contribution in [1.29, 1.82) is 0 Å². The molecule has 0 aromatic heterocycles. The van der Waals surface area contributed by atoms with E-state index in [1.807, 2.05) is 0 Å². The SMILES string of the molecule is CC(=O)N[C@@H]1[C@@H](O)C2(OC3(O[C@H](CO)[C@@H](O)[C@H](O)[C@@H]3O)O2)[C@@H](CO)OC12OC1(O2)[C@H](O)[C@@H](NC(C)=O)[C@](N)(O)O[C@@H]1CO. The maximum absolute atomic E-state index is 12.2. The van der Waals surface area contributed by atoms with Crippen LogP contribution in [0.1, 0.15) is 13.8 Å². The van der Waals surface area contributed by atoms with E-state index in [0.29, 0.717) is 0 Å².